The molecule has 0 aliphatic heterocycles. The van der Waals surface area contributed by atoms with Crippen molar-refractivity contribution in [2.24, 2.45) is 0 Å². The molecule has 6 nitrogen and oxygen atoms in total. The van der Waals surface area contributed by atoms with E-state index in [1.54, 1.807) is 23.0 Å². The standard InChI is InChI=1S/C24H22FN3O3/c1-16(27(2)24(29)30)23(17-6-4-3-5-7-17)31-21-12-13-22-18(14-21)15-26-28(22)20-10-8-19(25)9-11-20/h3-16,23H,1-2H3,(H,29,30)/t16-,23+/m0/s1. The van der Waals surface area contributed by atoms with Crippen LogP contribution in [0.1, 0.15) is 18.6 Å². The number of carboxylic acid groups (broad SMARTS) is 1. The summed E-state index contributed by atoms with van der Waals surface area (Å²) in [5.74, 6) is 0.300. The molecule has 0 fully saturated rings. The second-order valence-electron chi connectivity index (χ2n) is 7.34. The van der Waals surface area contributed by atoms with E-state index in [2.05, 4.69) is 5.10 Å². The Bertz CT molecular complexity index is 1190. The third-order valence-electron chi connectivity index (χ3n) is 5.35. The summed E-state index contributed by atoms with van der Waals surface area (Å²) >= 11 is 0. The van der Waals surface area contributed by atoms with Gasteiger partial charge in [0.2, 0.25) is 0 Å². The summed E-state index contributed by atoms with van der Waals surface area (Å²) in [6.45, 7) is 1.82. The maximum absolute atomic E-state index is 13.2. The van der Waals surface area contributed by atoms with E-state index in [1.807, 2.05) is 55.5 Å². The van der Waals surface area contributed by atoms with E-state index in [0.29, 0.717) is 5.75 Å². The van der Waals surface area contributed by atoms with Crippen molar-refractivity contribution in [1.29, 1.82) is 0 Å². The Morgan fingerprint density at radius 2 is 1.81 bits per heavy atom. The first-order chi connectivity index (χ1) is 14.9. The van der Waals surface area contributed by atoms with E-state index in [4.69, 9.17) is 4.74 Å². The van der Waals surface area contributed by atoms with Gasteiger partial charge in [0.1, 0.15) is 17.7 Å². The highest BCUT2D eigenvalue weighted by Crippen LogP contribution is 2.30. The molecule has 7 heteroatoms. The highest BCUT2D eigenvalue weighted by molar-refractivity contribution is 5.81. The molecule has 0 saturated carbocycles. The molecule has 1 amide bonds. The van der Waals surface area contributed by atoms with Crippen molar-refractivity contribution in [3.8, 4) is 11.4 Å². The third-order valence-corrected chi connectivity index (χ3v) is 5.35. The molecule has 0 aliphatic rings. The molecule has 31 heavy (non-hydrogen) atoms. The largest absolute Gasteiger partial charge is 0.484 e. The van der Waals surface area contributed by atoms with Crippen LogP contribution < -0.4 is 4.74 Å². The lowest BCUT2D eigenvalue weighted by molar-refractivity contribution is 0.0822. The molecular formula is C24H22FN3O3. The minimum atomic E-state index is -1.02. The van der Waals surface area contributed by atoms with Gasteiger partial charge in [0.15, 0.2) is 0 Å². The Kier molecular flexibility index (Phi) is 5.58. The van der Waals surface area contributed by atoms with Crippen LogP contribution in [0.5, 0.6) is 5.75 Å². The molecule has 0 aliphatic carbocycles. The topological polar surface area (TPSA) is 67.6 Å². The van der Waals surface area contributed by atoms with Crippen molar-refractivity contribution in [2.45, 2.75) is 19.1 Å². The van der Waals surface area contributed by atoms with Gasteiger partial charge in [0, 0.05) is 12.4 Å². The summed E-state index contributed by atoms with van der Waals surface area (Å²) in [5, 5.41) is 14.7. The zero-order chi connectivity index (χ0) is 22.0. The second kappa shape index (κ2) is 8.47. The van der Waals surface area contributed by atoms with Crippen molar-refractivity contribution in [3.63, 3.8) is 0 Å². The average Bonchev–Trinajstić information content (AvgIpc) is 3.21. The van der Waals surface area contributed by atoms with E-state index in [1.165, 1.54) is 24.1 Å². The number of amides is 1. The average molecular weight is 419 g/mol. The number of nitrogens with zero attached hydrogens (tertiary/aromatic N) is 3. The van der Waals surface area contributed by atoms with Gasteiger partial charge in [0.25, 0.3) is 0 Å². The summed E-state index contributed by atoms with van der Waals surface area (Å²) in [6.07, 6.45) is 0.204. The number of hydrogen-bond donors (Lipinski definition) is 1. The van der Waals surface area contributed by atoms with Gasteiger partial charge < -0.3 is 14.7 Å². The molecule has 4 rings (SSSR count). The van der Waals surface area contributed by atoms with Crippen LogP contribution in [0.2, 0.25) is 0 Å². The maximum atomic E-state index is 13.2. The minimum Gasteiger partial charge on any atom is -0.484 e. The zero-order valence-electron chi connectivity index (χ0n) is 17.1. The summed E-state index contributed by atoms with van der Waals surface area (Å²) in [4.78, 5) is 12.7. The van der Waals surface area contributed by atoms with Gasteiger partial charge in [-0.3, -0.25) is 0 Å². The first kappa shape index (κ1) is 20.4. The quantitative estimate of drug-likeness (QED) is 0.462. The molecular weight excluding hydrogens is 397 g/mol. The van der Waals surface area contributed by atoms with Crippen LogP contribution in [0.4, 0.5) is 9.18 Å². The molecule has 4 aromatic rings. The fraction of sp³-hybridized carbons (Fsp3) is 0.167. The highest BCUT2D eigenvalue weighted by atomic mass is 19.1. The van der Waals surface area contributed by atoms with E-state index in [0.717, 1.165) is 22.2 Å². The van der Waals surface area contributed by atoms with E-state index >= 15 is 0 Å². The van der Waals surface area contributed by atoms with Crippen LogP contribution in [0, 0.1) is 5.82 Å². The highest BCUT2D eigenvalue weighted by Gasteiger charge is 2.27. The number of halogens is 1. The lowest BCUT2D eigenvalue weighted by Gasteiger charge is -2.31. The predicted octanol–water partition coefficient (Wildman–Crippen LogP) is 5.28. The number of likely N-dealkylation sites (N-methyl/N-ethyl adjacent to an activating group) is 1. The molecule has 3 aromatic carbocycles. The van der Waals surface area contributed by atoms with Crippen LogP contribution in [0.25, 0.3) is 16.6 Å². The predicted molar refractivity (Wildman–Crippen MR) is 116 cm³/mol. The Hall–Kier alpha value is -3.87. The number of ether oxygens (including phenoxy) is 1. The summed E-state index contributed by atoms with van der Waals surface area (Å²) in [5.41, 5.74) is 2.49. The number of benzene rings is 3. The van der Waals surface area contributed by atoms with Crippen molar-refractivity contribution < 1.29 is 19.0 Å². The van der Waals surface area contributed by atoms with Crippen molar-refractivity contribution >= 4 is 17.0 Å². The summed E-state index contributed by atoms with van der Waals surface area (Å²) in [7, 11) is 1.53. The molecule has 0 spiro atoms. The van der Waals surface area contributed by atoms with Gasteiger partial charge in [-0.05, 0) is 55.0 Å². The Morgan fingerprint density at radius 1 is 1.10 bits per heavy atom. The monoisotopic (exact) mass is 419 g/mol. The van der Waals surface area contributed by atoms with Crippen molar-refractivity contribution in [2.75, 3.05) is 7.05 Å². The molecule has 0 saturated heterocycles. The molecule has 0 unspecified atom stereocenters. The molecule has 0 bridgehead atoms. The lowest BCUT2D eigenvalue weighted by Crippen LogP contribution is -2.40. The van der Waals surface area contributed by atoms with Crippen molar-refractivity contribution in [1.82, 2.24) is 14.7 Å². The Morgan fingerprint density at radius 3 is 2.48 bits per heavy atom. The van der Waals surface area contributed by atoms with E-state index < -0.39 is 18.2 Å². The fourth-order valence-corrected chi connectivity index (χ4v) is 3.48. The first-order valence-electron chi connectivity index (χ1n) is 9.85. The molecule has 1 heterocycles. The van der Waals surface area contributed by atoms with E-state index in [-0.39, 0.29) is 5.82 Å². The molecule has 1 N–H and O–H groups in total. The van der Waals surface area contributed by atoms with Gasteiger partial charge in [-0.25, -0.2) is 13.9 Å². The third kappa shape index (κ3) is 4.21. The second-order valence-corrected chi connectivity index (χ2v) is 7.34. The number of hydrogen-bond acceptors (Lipinski definition) is 3. The van der Waals surface area contributed by atoms with E-state index in [9.17, 15) is 14.3 Å². The van der Waals surface area contributed by atoms with Crippen LogP contribution >= 0.6 is 0 Å². The first-order valence-corrected chi connectivity index (χ1v) is 9.85. The molecule has 2 atom stereocenters. The summed E-state index contributed by atoms with van der Waals surface area (Å²) < 4.78 is 21.3. The zero-order valence-corrected chi connectivity index (χ0v) is 17.1. The van der Waals surface area contributed by atoms with Gasteiger partial charge in [-0.1, -0.05) is 30.3 Å². The molecule has 1 aromatic heterocycles. The number of rotatable bonds is 6. The number of fused-ring (bicyclic) bond motifs is 1. The molecule has 0 radical (unpaired) electrons. The lowest BCUT2D eigenvalue weighted by atomic mass is 10.0. The SMILES string of the molecule is C[C@@H]([C@@H](Oc1ccc2c(cnn2-c2ccc(F)cc2)c1)c1ccccc1)N(C)C(=O)O. The number of carbonyl (C=O) groups is 1. The summed E-state index contributed by atoms with van der Waals surface area (Å²) in [6, 6.07) is 20.8. The Balaban J connectivity index is 1.66. The molecule has 158 valence electrons. The van der Waals surface area contributed by atoms with Gasteiger partial charge in [0.05, 0.1) is 23.4 Å². The van der Waals surface area contributed by atoms with Crippen LogP contribution in [0.15, 0.2) is 79.0 Å². The van der Waals surface area contributed by atoms with Crippen LogP contribution in [0.3, 0.4) is 0 Å². The maximum Gasteiger partial charge on any atom is 0.407 e. The van der Waals surface area contributed by atoms with Gasteiger partial charge >= 0.3 is 6.09 Å². The number of aromatic nitrogens is 2. The van der Waals surface area contributed by atoms with Crippen molar-refractivity contribution in [3.05, 3.63) is 90.4 Å². The van der Waals surface area contributed by atoms with Crippen LogP contribution in [-0.2, 0) is 0 Å². The van der Waals surface area contributed by atoms with Gasteiger partial charge in [-0.2, -0.15) is 5.10 Å². The smallest absolute Gasteiger partial charge is 0.407 e. The van der Waals surface area contributed by atoms with Crippen LogP contribution in [-0.4, -0.2) is 39.0 Å². The normalized spacial score (nSPS) is 13.0. The Labute approximate surface area is 179 Å². The van der Waals surface area contributed by atoms with Gasteiger partial charge in [-0.15, -0.1) is 0 Å². The fourth-order valence-electron chi connectivity index (χ4n) is 3.48. The minimum absolute atomic E-state index is 0.302.